The van der Waals surface area contributed by atoms with Crippen LogP contribution in [0.5, 0.6) is 5.75 Å². The lowest BCUT2D eigenvalue weighted by Gasteiger charge is -2.34. The Morgan fingerprint density at radius 3 is 1.70 bits per heavy atom. The molecule has 312 valence electrons. The lowest BCUT2D eigenvalue weighted by Crippen LogP contribution is -2.34. The van der Waals surface area contributed by atoms with Gasteiger partial charge in [-0.05, 0) is 73.6 Å². The molecule has 2 rings (SSSR count). The SMILES string of the molecule is CCCCC(CC)COc1cc(/N=N/c2ccc(C#N)cc2C#N)c(NS(=O)(=O)CC(CC)CCCC)cc1N(CC(CC)CCCC)CC(CC)CCCC. The molecule has 2 aromatic rings. The first kappa shape index (κ1) is 48.5. The highest BCUT2D eigenvalue weighted by molar-refractivity contribution is 7.92. The first-order valence-electron chi connectivity index (χ1n) is 22.0. The molecular weight excluding hydrogens is 717 g/mol. The monoisotopic (exact) mass is 791 g/mol. The molecule has 0 amide bonds. The van der Waals surface area contributed by atoms with Crippen LogP contribution in [0.4, 0.5) is 22.7 Å². The molecule has 0 aliphatic carbocycles. The number of nitrogens with one attached hydrogen (secondary N) is 1. The van der Waals surface area contributed by atoms with Crippen molar-refractivity contribution in [2.45, 2.75) is 158 Å². The van der Waals surface area contributed by atoms with Crippen molar-refractivity contribution >= 4 is 32.8 Å². The Balaban J connectivity index is 2.92. The maximum absolute atomic E-state index is 14.0. The molecule has 0 saturated carbocycles. The number of azo groups is 1. The maximum Gasteiger partial charge on any atom is 0.233 e. The summed E-state index contributed by atoms with van der Waals surface area (Å²) in [6.45, 7) is 19.9. The van der Waals surface area contributed by atoms with Crippen molar-refractivity contribution in [3.05, 3.63) is 41.5 Å². The highest BCUT2D eigenvalue weighted by Gasteiger charge is 2.26. The molecular formula is C46H74N6O3S. The predicted molar refractivity (Wildman–Crippen MR) is 235 cm³/mol. The molecule has 0 bridgehead atoms. The average molecular weight is 791 g/mol. The number of hydrogen-bond donors (Lipinski definition) is 1. The molecule has 56 heavy (non-hydrogen) atoms. The zero-order valence-corrected chi connectivity index (χ0v) is 37.0. The molecule has 2 aromatic carbocycles. The van der Waals surface area contributed by atoms with Crippen molar-refractivity contribution < 1.29 is 13.2 Å². The molecule has 0 aromatic heterocycles. The summed E-state index contributed by atoms with van der Waals surface area (Å²) in [6, 6.07) is 12.7. The van der Waals surface area contributed by atoms with Gasteiger partial charge in [-0.3, -0.25) is 4.72 Å². The molecule has 0 aliphatic heterocycles. The molecule has 9 nitrogen and oxygen atoms in total. The van der Waals surface area contributed by atoms with Gasteiger partial charge in [-0.25, -0.2) is 8.42 Å². The van der Waals surface area contributed by atoms with E-state index in [0.717, 1.165) is 109 Å². The van der Waals surface area contributed by atoms with Crippen LogP contribution in [-0.2, 0) is 10.0 Å². The Bertz CT molecular complexity index is 1630. The van der Waals surface area contributed by atoms with E-state index in [4.69, 9.17) is 4.74 Å². The van der Waals surface area contributed by atoms with Crippen LogP contribution >= 0.6 is 0 Å². The van der Waals surface area contributed by atoms with Crippen LogP contribution in [-0.4, -0.2) is 33.9 Å². The van der Waals surface area contributed by atoms with Crippen LogP contribution in [0.3, 0.4) is 0 Å². The molecule has 0 radical (unpaired) electrons. The zero-order valence-electron chi connectivity index (χ0n) is 36.2. The Hall–Kier alpha value is -3.63. The minimum absolute atomic E-state index is 0.0189. The van der Waals surface area contributed by atoms with Crippen molar-refractivity contribution in [3.8, 4) is 17.9 Å². The highest BCUT2D eigenvalue weighted by atomic mass is 32.2. The summed E-state index contributed by atoms with van der Waals surface area (Å²) in [5.41, 5.74) is 2.41. The first-order valence-corrected chi connectivity index (χ1v) is 23.6. The normalized spacial score (nSPS) is 13.8. The third-order valence-electron chi connectivity index (χ3n) is 11.3. The number of nitriles is 2. The van der Waals surface area contributed by atoms with E-state index in [1.54, 1.807) is 12.1 Å². The zero-order chi connectivity index (χ0) is 41.3. The molecule has 0 fully saturated rings. The van der Waals surface area contributed by atoms with E-state index in [1.807, 2.05) is 12.1 Å². The number of ether oxygens (including phenoxy) is 1. The summed E-state index contributed by atoms with van der Waals surface area (Å²) in [7, 11) is -3.78. The fraction of sp³-hybridized carbons (Fsp3) is 0.696. The lowest BCUT2D eigenvalue weighted by atomic mass is 9.95. The van der Waals surface area contributed by atoms with Crippen molar-refractivity contribution in [2.24, 2.45) is 33.9 Å². The fourth-order valence-electron chi connectivity index (χ4n) is 7.23. The summed E-state index contributed by atoms with van der Waals surface area (Å²) in [5, 5.41) is 28.4. The number of unbranched alkanes of at least 4 members (excludes halogenated alkanes) is 4. The third-order valence-corrected chi connectivity index (χ3v) is 12.7. The molecule has 0 saturated heterocycles. The molecule has 0 spiro atoms. The van der Waals surface area contributed by atoms with Gasteiger partial charge in [0, 0.05) is 19.2 Å². The van der Waals surface area contributed by atoms with Gasteiger partial charge in [-0.2, -0.15) is 10.5 Å². The van der Waals surface area contributed by atoms with E-state index >= 15 is 0 Å². The summed E-state index contributed by atoms with van der Waals surface area (Å²) in [4.78, 5) is 2.47. The Kier molecular flexibility index (Phi) is 23.5. The van der Waals surface area contributed by atoms with E-state index in [1.165, 1.54) is 18.9 Å². The van der Waals surface area contributed by atoms with Crippen LogP contribution in [0.25, 0.3) is 0 Å². The topological polar surface area (TPSA) is 131 Å². The highest BCUT2D eigenvalue weighted by Crippen LogP contribution is 2.42. The van der Waals surface area contributed by atoms with Gasteiger partial charge in [0.25, 0.3) is 0 Å². The fourth-order valence-corrected chi connectivity index (χ4v) is 8.83. The van der Waals surface area contributed by atoms with Crippen LogP contribution in [0.2, 0.25) is 0 Å². The first-order chi connectivity index (χ1) is 27.0. The van der Waals surface area contributed by atoms with Crippen LogP contribution in [0.1, 0.15) is 169 Å². The van der Waals surface area contributed by atoms with E-state index in [2.05, 4.69) is 87.4 Å². The van der Waals surface area contributed by atoms with E-state index in [9.17, 15) is 18.9 Å². The standard InChI is InChI=1S/C46H74N6O3S/c1-9-17-21-36(13-5)32-52(33-37(14-6)22-18-10-2)45-28-44(51-56(53,54)35-39(16-8)24-20-12-4)43(29-46(45)55-34-38(15-7)23-19-11-3)50-49-42-26-25-40(30-47)27-41(42)31-48/h25-29,36-39,51H,9-24,32-35H2,1-8H3/b50-49+. The van der Waals surface area contributed by atoms with Gasteiger partial charge >= 0.3 is 0 Å². The van der Waals surface area contributed by atoms with Gasteiger partial charge < -0.3 is 9.64 Å². The van der Waals surface area contributed by atoms with Crippen molar-refractivity contribution in [1.29, 1.82) is 10.5 Å². The molecule has 4 atom stereocenters. The number of sulfonamides is 1. The van der Waals surface area contributed by atoms with Crippen LogP contribution in [0, 0.1) is 46.3 Å². The van der Waals surface area contributed by atoms with Crippen LogP contribution in [0.15, 0.2) is 40.6 Å². The van der Waals surface area contributed by atoms with E-state index < -0.39 is 10.0 Å². The summed E-state index contributed by atoms with van der Waals surface area (Å²) < 4.78 is 37.9. The largest absolute Gasteiger partial charge is 0.491 e. The lowest BCUT2D eigenvalue weighted by molar-refractivity contribution is 0.233. The van der Waals surface area contributed by atoms with Crippen LogP contribution < -0.4 is 14.4 Å². The second-order valence-corrected chi connectivity index (χ2v) is 17.5. The van der Waals surface area contributed by atoms with Crippen molar-refractivity contribution in [1.82, 2.24) is 0 Å². The molecule has 1 N–H and O–H groups in total. The Labute approximate surface area is 341 Å². The van der Waals surface area contributed by atoms with Gasteiger partial charge in [0.2, 0.25) is 10.0 Å². The minimum Gasteiger partial charge on any atom is -0.491 e. The van der Waals surface area contributed by atoms with Gasteiger partial charge in [0.1, 0.15) is 23.2 Å². The molecule has 0 heterocycles. The van der Waals surface area contributed by atoms with Crippen molar-refractivity contribution in [2.75, 3.05) is 35.1 Å². The number of hydrogen-bond acceptors (Lipinski definition) is 8. The van der Waals surface area contributed by atoms with Gasteiger partial charge in [0.05, 0.1) is 40.9 Å². The maximum atomic E-state index is 14.0. The smallest absolute Gasteiger partial charge is 0.233 e. The van der Waals surface area contributed by atoms with Crippen molar-refractivity contribution in [3.63, 3.8) is 0 Å². The predicted octanol–water partition coefficient (Wildman–Crippen LogP) is 13.6. The quantitative estimate of drug-likeness (QED) is 0.0784. The van der Waals surface area contributed by atoms with E-state index in [-0.39, 0.29) is 17.2 Å². The van der Waals surface area contributed by atoms with Gasteiger partial charge in [0.15, 0.2) is 0 Å². The van der Waals surface area contributed by atoms with Gasteiger partial charge in [-0.1, -0.05) is 132 Å². The molecule has 4 unspecified atom stereocenters. The Morgan fingerprint density at radius 1 is 0.679 bits per heavy atom. The third kappa shape index (κ3) is 16.8. The Morgan fingerprint density at radius 2 is 1.20 bits per heavy atom. The minimum atomic E-state index is -3.78. The second-order valence-electron chi connectivity index (χ2n) is 15.8. The average Bonchev–Trinajstić information content (AvgIpc) is 3.21. The van der Waals surface area contributed by atoms with E-state index in [0.29, 0.717) is 52.7 Å². The molecule has 0 aliphatic rings. The summed E-state index contributed by atoms with van der Waals surface area (Å²) in [6.07, 6.45) is 17.0. The van der Waals surface area contributed by atoms with Gasteiger partial charge in [-0.15, -0.1) is 10.2 Å². The summed E-state index contributed by atoms with van der Waals surface area (Å²) in [5.74, 6) is 2.06. The number of nitrogens with zero attached hydrogens (tertiary/aromatic N) is 5. The number of anilines is 2. The second kappa shape index (κ2) is 27.1. The number of benzene rings is 2. The number of rotatable bonds is 30. The summed E-state index contributed by atoms with van der Waals surface area (Å²) >= 11 is 0. The molecule has 10 heteroatoms.